The highest BCUT2D eigenvalue weighted by atomic mass is 32.2. The Morgan fingerprint density at radius 2 is 1.95 bits per heavy atom. The minimum atomic E-state index is -0.405. The van der Waals surface area contributed by atoms with Crippen LogP contribution in [0.1, 0.15) is 17.3 Å². The summed E-state index contributed by atoms with van der Waals surface area (Å²) in [7, 11) is 0. The molecular weight excluding hydrogens is 296 g/mol. The molecule has 22 heavy (non-hydrogen) atoms. The molecule has 0 saturated carbocycles. The van der Waals surface area contributed by atoms with Gasteiger partial charge in [0.1, 0.15) is 5.56 Å². The minimum absolute atomic E-state index is 0.0955. The van der Waals surface area contributed by atoms with Crippen LogP contribution in [-0.2, 0) is 0 Å². The van der Waals surface area contributed by atoms with E-state index in [0.29, 0.717) is 5.69 Å². The van der Waals surface area contributed by atoms with E-state index >= 15 is 0 Å². The van der Waals surface area contributed by atoms with Gasteiger partial charge in [-0.3, -0.25) is 9.59 Å². The topological polar surface area (TPSA) is 62.0 Å². The van der Waals surface area contributed by atoms with E-state index < -0.39 is 11.5 Å². The molecule has 2 rings (SSSR count). The number of pyridine rings is 1. The first-order chi connectivity index (χ1) is 10.5. The molecule has 1 aromatic carbocycles. The van der Waals surface area contributed by atoms with Crippen molar-refractivity contribution in [3.63, 3.8) is 0 Å². The Kier molecular flexibility index (Phi) is 5.22. The Morgan fingerprint density at radius 1 is 1.27 bits per heavy atom. The molecule has 0 aliphatic rings. The van der Waals surface area contributed by atoms with Gasteiger partial charge in [0.15, 0.2) is 0 Å². The molecule has 2 aromatic rings. The fraction of sp³-hybridized carbons (Fsp3) is 0.176. The summed E-state index contributed by atoms with van der Waals surface area (Å²) in [6.07, 6.45) is 3.61. The number of amides is 1. The molecule has 1 heterocycles. The number of H-pyrrole nitrogens is 1. The van der Waals surface area contributed by atoms with Gasteiger partial charge in [-0.05, 0) is 43.0 Å². The molecule has 0 fully saturated rings. The van der Waals surface area contributed by atoms with Gasteiger partial charge >= 0.3 is 0 Å². The third-order valence-electron chi connectivity index (χ3n) is 3.27. The molecule has 1 amide bonds. The molecule has 0 unspecified atom stereocenters. The van der Waals surface area contributed by atoms with E-state index in [1.54, 1.807) is 36.9 Å². The normalized spacial score (nSPS) is 11.7. The number of carbonyl (C=O) groups is 1. The molecule has 0 radical (unpaired) electrons. The van der Waals surface area contributed by atoms with E-state index in [0.717, 1.165) is 10.5 Å². The van der Waals surface area contributed by atoms with Crippen LogP contribution in [0.2, 0.25) is 0 Å². The first-order valence-electron chi connectivity index (χ1n) is 6.86. The number of aromatic amines is 1. The van der Waals surface area contributed by atoms with Gasteiger partial charge in [0, 0.05) is 16.6 Å². The summed E-state index contributed by atoms with van der Waals surface area (Å²) in [5.41, 5.74) is 1.28. The fourth-order valence-corrected chi connectivity index (χ4v) is 2.34. The van der Waals surface area contributed by atoms with Crippen LogP contribution in [0.3, 0.4) is 0 Å². The smallest absolute Gasteiger partial charge is 0.261 e. The first-order valence-corrected chi connectivity index (χ1v) is 8.09. The maximum Gasteiger partial charge on any atom is 0.261 e. The average molecular weight is 314 g/mol. The Balaban J connectivity index is 2.27. The average Bonchev–Trinajstić information content (AvgIpc) is 2.54. The minimum Gasteiger partial charge on any atom is -0.346 e. The van der Waals surface area contributed by atoms with Gasteiger partial charge in [-0.2, -0.15) is 0 Å². The summed E-state index contributed by atoms with van der Waals surface area (Å²) in [6, 6.07) is 11.0. The molecular formula is C17H18N2O2S. The molecule has 5 heteroatoms. The van der Waals surface area contributed by atoms with E-state index in [2.05, 4.69) is 16.9 Å². The van der Waals surface area contributed by atoms with Crippen LogP contribution in [0.4, 0.5) is 0 Å². The number of hydrogen-bond donors (Lipinski definition) is 2. The van der Waals surface area contributed by atoms with Crippen LogP contribution >= 0.6 is 11.8 Å². The lowest BCUT2D eigenvalue weighted by Crippen LogP contribution is -2.34. The molecule has 0 aliphatic carbocycles. The van der Waals surface area contributed by atoms with Crippen LogP contribution in [0.5, 0.6) is 0 Å². The van der Waals surface area contributed by atoms with Gasteiger partial charge in [-0.15, -0.1) is 18.3 Å². The van der Waals surface area contributed by atoms with E-state index in [1.165, 1.54) is 0 Å². The van der Waals surface area contributed by atoms with Crippen molar-refractivity contribution in [1.82, 2.24) is 10.3 Å². The van der Waals surface area contributed by atoms with Gasteiger partial charge < -0.3 is 10.3 Å². The molecule has 0 saturated heterocycles. The van der Waals surface area contributed by atoms with Crippen molar-refractivity contribution in [2.75, 3.05) is 6.26 Å². The zero-order chi connectivity index (χ0) is 16.1. The van der Waals surface area contributed by atoms with Crippen LogP contribution in [-0.4, -0.2) is 23.2 Å². The lowest BCUT2D eigenvalue weighted by atomic mass is 10.1. The van der Waals surface area contributed by atoms with Crippen molar-refractivity contribution < 1.29 is 4.79 Å². The third kappa shape index (κ3) is 3.68. The second-order valence-electron chi connectivity index (χ2n) is 4.84. The van der Waals surface area contributed by atoms with Crippen molar-refractivity contribution in [3.8, 4) is 11.3 Å². The number of aromatic nitrogens is 1. The second kappa shape index (κ2) is 7.13. The molecule has 4 nitrogen and oxygen atoms in total. The number of benzene rings is 1. The van der Waals surface area contributed by atoms with Crippen LogP contribution < -0.4 is 10.9 Å². The van der Waals surface area contributed by atoms with Crippen molar-refractivity contribution in [3.05, 3.63) is 65.0 Å². The standard InChI is InChI=1S/C17H18N2O2S/c1-4-11(2)18-16(20)14-9-10-15(19-17(14)21)12-5-7-13(22-3)8-6-12/h4-11H,1H2,2-3H3,(H,18,20)(H,19,21)/t11-/m0/s1. The SMILES string of the molecule is C=C[C@H](C)NC(=O)c1ccc(-c2ccc(SC)cc2)[nH]c1=O. The van der Waals surface area contributed by atoms with Crippen LogP contribution in [0, 0.1) is 0 Å². The van der Waals surface area contributed by atoms with Crippen molar-refractivity contribution in [2.24, 2.45) is 0 Å². The number of thioether (sulfide) groups is 1. The lowest BCUT2D eigenvalue weighted by molar-refractivity contribution is 0.0945. The van der Waals surface area contributed by atoms with Crippen molar-refractivity contribution >= 4 is 17.7 Å². The van der Waals surface area contributed by atoms with Gasteiger partial charge in [-0.1, -0.05) is 18.2 Å². The van der Waals surface area contributed by atoms with Gasteiger partial charge in [0.05, 0.1) is 0 Å². The molecule has 114 valence electrons. The van der Waals surface area contributed by atoms with Crippen LogP contribution in [0.15, 0.2) is 58.7 Å². The summed E-state index contributed by atoms with van der Waals surface area (Å²) >= 11 is 1.66. The Morgan fingerprint density at radius 3 is 2.50 bits per heavy atom. The maximum absolute atomic E-state index is 12.1. The predicted octanol–water partition coefficient (Wildman–Crippen LogP) is 3.07. The zero-order valence-electron chi connectivity index (χ0n) is 12.6. The van der Waals surface area contributed by atoms with Gasteiger partial charge in [-0.25, -0.2) is 0 Å². The summed E-state index contributed by atoms with van der Waals surface area (Å²) in [5, 5.41) is 2.68. The summed E-state index contributed by atoms with van der Waals surface area (Å²) in [4.78, 5) is 28.0. The number of rotatable bonds is 5. The highest BCUT2D eigenvalue weighted by molar-refractivity contribution is 7.98. The molecule has 0 bridgehead atoms. The number of hydrogen-bond acceptors (Lipinski definition) is 3. The summed E-state index contributed by atoms with van der Waals surface area (Å²) in [6.45, 7) is 5.39. The molecule has 1 atom stereocenters. The fourth-order valence-electron chi connectivity index (χ4n) is 1.93. The highest BCUT2D eigenvalue weighted by Gasteiger charge is 2.12. The molecule has 2 N–H and O–H groups in total. The van der Waals surface area contributed by atoms with Crippen molar-refractivity contribution in [2.45, 2.75) is 17.9 Å². The molecule has 0 aliphatic heterocycles. The quantitative estimate of drug-likeness (QED) is 0.658. The first kappa shape index (κ1) is 16.1. The Hall–Kier alpha value is -2.27. The monoisotopic (exact) mass is 314 g/mol. The second-order valence-corrected chi connectivity index (χ2v) is 5.72. The zero-order valence-corrected chi connectivity index (χ0v) is 13.4. The van der Waals surface area contributed by atoms with Gasteiger partial charge in [0.25, 0.3) is 11.5 Å². The summed E-state index contributed by atoms with van der Waals surface area (Å²) in [5.74, 6) is -0.405. The van der Waals surface area contributed by atoms with E-state index in [9.17, 15) is 9.59 Å². The molecule has 1 aromatic heterocycles. The van der Waals surface area contributed by atoms with Crippen molar-refractivity contribution in [1.29, 1.82) is 0 Å². The summed E-state index contributed by atoms with van der Waals surface area (Å²) < 4.78 is 0. The van der Waals surface area contributed by atoms with E-state index in [4.69, 9.17) is 0 Å². The molecule has 0 spiro atoms. The highest BCUT2D eigenvalue weighted by Crippen LogP contribution is 2.20. The lowest BCUT2D eigenvalue weighted by Gasteiger charge is -2.09. The number of nitrogens with one attached hydrogen (secondary N) is 2. The predicted molar refractivity (Wildman–Crippen MR) is 91.4 cm³/mol. The van der Waals surface area contributed by atoms with Crippen LogP contribution in [0.25, 0.3) is 11.3 Å². The maximum atomic E-state index is 12.1. The van der Waals surface area contributed by atoms with Gasteiger partial charge in [0.2, 0.25) is 0 Å². The van der Waals surface area contributed by atoms with E-state index in [1.807, 2.05) is 30.5 Å². The van der Waals surface area contributed by atoms with E-state index in [-0.39, 0.29) is 11.6 Å². The Bertz CT molecular complexity index is 735. The third-order valence-corrected chi connectivity index (χ3v) is 4.01. The number of carbonyl (C=O) groups excluding carboxylic acids is 1. The Labute approximate surface area is 133 Å². The largest absolute Gasteiger partial charge is 0.346 e.